The van der Waals surface area contributed by atoms with Gasteiger partial charge in [0.1, 0.15) is 0 Å². The minimum Gasteiger partial charge on any atom is -0.393 e. The molecule has 33 heavy (non-hydrogen) atoms. The van der Waals surface area contributed by atoms with E-state index in [4.69, 9.17) is 0 Å². The molecule has 1 heterocycles. The van der Waals surface area contributed by atoms with Crippen LogP contribution in [0.25, 0.3) is 0 Å². The molecule has 4 rings (SSSR count). The third kappa shape index (κ3) is 5.40. The number of hydrogen-bond acceptors (Lipinski definition) is 4. The number of fused-ring (bicyclic) bond motifs is 1. The Hall–Kier alpha value is -1.20. The highest BCUT2D eigenvalue weighted by Gasteiger charge is 2.50. The molecular formula is C29H42O3S. The van der Waals surface area contributed by atoms with Gasteiger partial charge in [-0.1, -0.05) is 57.1 Å². The van der Waals surface area contributed by atoms with Crippen molar-refractivity contribution < 1.29 is 15.3 Å². The molecule has 0 radical (unpaired) electrons. The van der Waals surface area contributed by atoms with Crippen LogP contribution in [0.5, 0.6) is 0 Å². The van der Waals surface area contributed by atoms with Crippen molar-refractivity contribution in [2.45, 2.75) is 96.4 Å². The van der Waals surface area contributed by atoms with Crippen LogP contribution in [0.2, 0.25) is 0 Å². The van der Waals surface area contributed by atoms with Gasteiger partial charge in [-0.05, 0) is 90.7 Å². The first-order chi connectivity index (χ1) is 15.8. The van der Waals surface area contributed by atoms with Gasteiger partial charge >= 0.3 is 0 Å². The summed E-state index contributed by atoms with van der Waals surface area (Å²) in [6.45, 7) is 9.03. The second kappa shape index (κ2) is 10.6. The zero-order chi connectivity index (χ0) is 23.6. The van der Waals surface area contributed by atoms with Crippen LogP contribution in [0.1, 0.15) is 89.0 Å². The molecular weight excluding hydrogens is 428 g/mol. The summed E-state index contributed by atoms with van der Waals surface area (Å²) in [6, 6.07) is 4.06. The summed E-state index contributed by atoms with van der Waals surface area (Å²) in [4.78, 5) is 1.09. The van der Waals surface area contributed by atoms with E-state index >= 15 is 0 Å². The van der Waals surface area contributed by atoms with Crippen molar-refractivity contribution in [1.82, 2.24) is 0 Å². The molecule has 3 aliphatic rings. The third-order valence-corrected chi connectivity index (χ3v) is 9.97. The smallest absolute Gasteiger partial charge is 0.0882 e. The number of allylic oxidation sites excluding steroid dienone is 3. The molecule has 0 aliphatic heterocycles. The fourth-order valence-corrected chi connectivity index (χ4v) is 7.88. The SMILES string of the molecule is C=C1/C(=C\C=C2/CCC[C@]3(C)[C@@H]([C@H](C)CCC[C@H](O)c4cccs4)CC[C@@H]23)C[C@@H](O)C[C@@H]1O. The number of aliphatic hydroxyl groups excluding tert-OH is 3. The van der Waals surface area contributed by atoms with Crippen molar-refractivity contribution in [3.05, 3.63) is 57.8 Å². The van der Waals surface area contributed by atoms with Gasteiger partial charge in [0, 0.05) is 11.3 Å². The van der Waals surface area contributed by atoms with E-state index in [1.165, 1.54) is 32.1 Å². The molecule has 1 aromatic rings. The lowest BCUT2D eigenvalue weighted by Gasteiger charge is -2.44. The number of hydrogen-bond donors (Lipinski definition) is 3. The molecule has 3 N–H and O–H groups in total. The zero-order valence-corrected chi connectivity index (χ0v) is 21.2. The van der Waals surface area contributed by atoms with Crippen LogP contribution >= 0.6 is 11.3 Å². The Morgan fingerprint density at radius 3 is 2.82 bits per heavy atom. The van der Waals surface area contributed by atoms with Gasteiger partial charge in [0.15, 0.2) is 0 Å². The molecule has 3 aliphatic carbocycles. The van der Waals surface area contributed by atoms with E-state index in [2.05, 4.69) is 32.6 Å². The zero-order valence-electron chi connectivity index (χ0n) is 20.4. The summed E-state index contributed by atoms with van der Waals surface area (Å²) in [5.74, 6) is 2.06. The van der Waals surface area contributed by atoms with Crippen molar-refractivity contribution in [3.63, 3.8) is 0 Å². The largest absolute Gasteiger partial charge is 0.393 e. The second-order valence-electron chi connectivity index (χ2n) is 11.1. The fraction of sp³-hybridized carbons (Fsp3) is 0.655. The van der Waals surface area contributed by atoms with Crippen LogP contribution in [-0.2, 0) is 0 Å². The van der Waals surface area contributed by atoms with E-state index in [9.17, 15) is 15.3 Å². The Balaban J connectivity index is 1.39. The highest BCUT2D eigenvalue weighted by atomic mass is 32.1. The summed E-state index contributed by atoms with van der Waals surface area (Å²) in [6.07, 6.45) is 13.4. The van der Waals surface area contributed by atoms with Crippen LogP contribution in [0.4, 0.5) is 0 Å². The maximum Gasteiger partial charge on any atom is 0.0882 e. The minimum absolute atomic E-state index is 0.312. The highest BCUT2D eigenvalue weighted by Crippen LogP contribution is 2.60. The molecule has 3 saturated carbocycles. The van der Waals surface area contributed by atoms with Crippen molar-refractivity contribution in [2.75, 3.05) is 0 Å². The number of aliphatic hydroxyl groups is 3. The van der Waals surface area contributed by atoms with Crippen molar-refractivity contribution in [2.24, 2.45) is 23.2 Å². The van der Waals surface area contributed by atoms with Crippen molar-refractivity contribution in [1.29, 1.82) is 0 Å². The monoisotopic (exact) mass is 470 g/mol. The predicted octanol–water partition coefficient (Wildman–Crippen LogP) is 6.73. The average molecular weight is 471 g/mol. The predicted molar refractivity (Wildman–Crippen MR) is 137 cm³/mol. The van der Waals surface area contributed by atoms with Gasteiger partial charge in [-0.3, -0.25) is 0 Å². The summed E-state index contributed by atoms with van der Waals surface area (Å²) >= 11 is 1.65. The van der Waals surface area contributed by atoms with Gasteiger partial charge in [0.05, 0.1) is 18.3 Å². The van der Waals surface area contributed by atoms with Gasteiger partial charge in [0.25, 0.3) is 0 Å². The third-order valence-electron chi connectivity index (χ3n) is 9.00. The molecule has 0 bridgehead atoms. The average Bonchev–Trinajstić information content (AvgIpc) is 3.43. The minimum atomic E-state index is -0.620. The van der Waals surface area contributed by atoms with Gasteiger partial charge in [-0.25, -0.2) is 0 Å². The first kappa shape index (κ1) is 24.9. The highest BCUT2D eigenvalue weighted by molar-refractivity contribution is 7.10. The Bertz CT molecular complexity index is 869. The normalized spacial score (nSPS) is 36.8. The van der Waals surface area contributed by atoms with E-state index < -0.39 is 12.2 Å². The Morgan fingerprint density at radius 1 is 1.24 bits per heavy atom. The lowest BCUT2D eigenvalue weighted by atomic mass is 9.60. The molecule has 0 aromatic carbocycles. The van der Waals surface area contributed by atoms with E-state index in [1.54, 1.807) is 16.9 Å². The molecule has 1 aromatic heterocycles. The fourth-order valence-electron chi connectivity index (χ4n) is 7.14. The summed E-state index contributed by atoms with van der Waals surface area (Å²) in [5, 5.41) is 32.7. The number of thiophene rings is 1. The molecule has 0 saturated heterocycles. The maximum atomic E-state index is 10.4. The topological polar surface area (TPSA) is 60.7 Å². The molecule has 3 nitrogen and oxygen atoms in total. The van der Waals surface area contributed by atoms with E-state index in [0.717, 1.165) is 41.2 Å². The Kier molecular flexibility index (Phi) is 8.00. The second-order valence-corrected chi connectivity index (χ2v) is 12.1. The van der Waals surface area contributed by atoms with Gasteiger partial charge in [0.2, 0.25) is 0 Å². The summed E-state index contributed by atoms with van der Waals surface area (Å²) < 4.78 is 0. The van der Waals surface area contributed by atoms with Gasteiger partial charge in [-0.15, -0.1) is 11.3 Å². The van der Waals surface area contributed by atoms with Gasteiger partial charge in [-0.2, -0.15) is 0 Å². The Labute approximate surface area is 203 Å². The van der Waals surface area contributed by atoms with Crippen LogP contribution in [0.3, 0.4) is 0 Å². The molecule has 7 atom stereocenters. The van der Waals surface area contributed by atoms with Gasteiger partial charge < -0.3 is 15.3 Å². The van der Waals surface area contributed by atoms with Crippen LogP contribution < -0.4 is 0 Å². The molecule has 0 spiro atoms. The first-order valence-corrected chi connectivity index (χ1v) is 13.8. The number of rotatable bonds is 7. The molecule has 4 heteroatoms. The lowest BCUT2D eigenvalue weighted by Crippen LogP contribution is -2.36. The van der Waals surface area contributed by atoms with E-state index in [-0.39, 0.29) is 6.10 Å². The van der Waals surface area contributed by atoms with Crippen LogP contribution in [-0.4, -0.2) is 27.5 Å². The Morgan fingerprint density at radius 2 is 2.06 bits per heavy atom. The molecule has 0 amide bonds. The van der Waals surface area contributed by atoms with E-state index in [1.807, 2.05) is 17.5 Å². The standard InChI is InChI=1S/C29H42O3S/c1-19(7-4-9-26(31)28-10-6-16-33-28)24-13-14-25-21(8-5-15-29(24,25)3)11-12-22-17-23(30)18-27(32)20(22)2/h6,10-12,16,19,23-27,30-32H,2,4-5,7-9,13-15,17-18H2,1,3H3/b21-11+,22-12-/t19-,23-,24-,25+,26+,27+,29-/m1/s1. The van der Waals surface area contributed by atoms with Crippen LogP contribution in [0, 0.1) is 23.2 Å². The molecule has 0 unspecified atom stereocenters. The van der Waals surface area contributed by atoms with Crippen molar-refractivity contribution >= 4 is 11.3 Å². The quantitative estimate of drug-likeness (QED) is 0.414. The summed E-state index contributed by atoms with van der Waals surface area (Å²) in [5.41, 5.74) is 3.70. The van der Waals surface area contributed by atoms with Crippen molar-refractivity contribution in [3.8, 4) is 0 Å². The molecule has 3 fully saturated rings. The first-order valence-electron chi connectivity index (χ1n) is 13.0. The maximum absolute atomic E-state index is 10.4. The van der Waals surface area contributed by atoms with E-state index in [0.29, 0.717) is 30.1 Å². The lowest BCUT2D eigenvalue weighted by molar-refractivity contribution is 0.0860. The summed E-state index contributed by atoms with van der Waals surface area (Å²) in [7, 11) is 0. The van der Waals surface area contributed by atoms with Crippen LogP contribution in [0.15, 0.2) is 53.0 Å². The molecule has 182 valence electrons.